The van der Waals surface area contributed by atoms with Crippen molar-refractivity contribution in [2.24, 2.45) is 0 Å². The molecule has 25 heavy (non-hydrogen) atoms. The number of H-pyrrole nitrogens is 1. The smallest absolute Gasteiger partial charge is 0.264 e. The lowest BCUT2D eigenvalue weighted by molar-refractivity contribution is 0.481. The fraction of sp³-hybridized carbons (Fsp3) is 0.0556. The number of halogens is 2. The van der Waals surface area contributed by atoms with Gasteiger partial charge in [-0.3, -0.25) is 4.79 Å². The fourth-order valence-corrected chi connectivity index (χ4v) is 2.60. The highest BCUT2D eigenvalue weighted by Crippen LogP contribution is 2.34. The summed E-state index contributed by atoms with van der Waals surface area (Å²) in [5, 5.41) is 16.3. The molecule has 0 aliphatic carbocycles. The first-order chi connectivity index (χ1) is 12.1. The van der Waals surface area contributed by atoms with Crippen LogP contribution in [0.2, 0.25) is 10.0 Å². The van der Waals surface area contributed by atoms with Crippen molar-refractivity contribution in [1.29, 1.82) is 5.26 Å². The molecule has 0 unspecified atom stereocenters. The molecular weight excluding hydrogens is 361 g/mol. The number of hydrogen-bond acceptors (Lipinski definition) is 4. The van der Waals surface area contributed by atoms with Crippen LogP contribution in [0.25, 0.3) is 0 Å². The predicted molar refractivity (Wildman–Crippen MR) is 95.4 cm³/mol. The molecule has 0 spiro atoms. The first-order valence-electron chi connectivity index (χ1n) is 7.26. The average Bonchev–Trinajstić information content (AvgIpc) is 2.60. The van der Waals surface area contributed by atoms with Crippen LogP contribution >= 0.6 is 23.2 Å². The van der Waals surface area contributed by atoms with Crippen LogP contribution in [0.1, 0.15) is 16.8 Å². The summed E-state index contributed by atoms with van der Waals surface area (Å²) < 4.78 is 5.79. The molecule has 3 aromatic rings. The molecule has 1 aromatic heterocycles. The number of nitrogens with one attached hydrogen (secondary N) is 1. The minimum absolute atomic E-state index is 0.243. The standard InChI is InChI=1S/C18H11Cl2N3O2/c19-14-2-1-3-16(13(14)10-21)25-17-9-11(4-6-15(17)20)8-12-5-7-18(24)23-22-12/h1-7,9H,8H2,(H,23,24). The fourth-order valence-electron chi connectivity index (χ4n) is 2.23. The third-order valence-corrected chi connectivity index (χ3v) is 4.05. The van der Waals surface area contributed by atoms with Crippen molar-refractivity contribution in [3.63, 3.8) is 0 Å². The maximum absolute atomic E-state index is 11.1. The second kappa shape index (κ2) is 7.39. The van der Waals surface area contributed by atoms with E-state index in [4.69, 9.17) is 27.9 Å². The van der Waals surface area contributed by atoms with Crippen LogP contribution in [-0.4, -0.2) is 10.2 Å². The van der Waals surface area contributed by atoms with Crippen LogP contribution in [0, 0.1) is 11.3 Å². The zero-order valence-electron chi connectivity index (χ0n) is 12.8. The van der Waals surface area contributed by atoms with E-state index in [0.717, 1.165) is 5.56 Å². The Morgan fingerprint density at radius 2 is 1.92 bits per heavy atom. The quantitative estimate of drug-likeness (QED) is 0.739. The van der Waals surface area contributed by atoms with Crippen molar-refractivity contribution in [2.45, 2.75) is 6.42 Å². The molecule has 1 heterocycles. The number of aromatic amines is 1. The van der Waals surface area contributed by atoms with Crippen molar-refractivity contribution in [3.8, 4) is 17.6 Å². The van der Waals surface area contributed by atoms with Gasteiger partial charge in [0.05, 0.1) is 15.7 Å². The maximum Gasteiger partial charge on any atom is 0.264 e. The SMILES string of the molecule is N#Cc1c(Cl)cccc1Oc1cc(Cc2ccc(=O)[nH]n2)ccc1Cl. The Morgan fingerprint density at radius 1 is 1.08 bits per heavy atom. The molecule has 5 nitrogen and oxygen atoms in total. The second-order valence-corrected chi connectivity index (χ2v) is 6.00. The van der Waals surface area contributed by atoms with Crippen LogP contribution in [-0.2, 0) is 6.42 Å². The molecule has 0 aliphatic heterocycles. The summed E-state index contributed by atoms with van der Waals surface area (Å²) in [6.07, 6.45) is 0.491. The molecule has 0 saturated heterocycles. The van der Waals surface area contributed by atoms with E-state index in [1.165, 1.54) is 6.07 Å². The van der Waals surface area contributed by atoms with Gasteiger partial charge in [0.15, 0.2) is 0 Å². The number of benzene rings is 2. The van der Waals surface area contributed by atoms with Crippen molar-refractivity contribution in [1.82, 2.24) is 10.2 Å². The van der Waals surface area contributed by atoms with E-state index in [2.05, 4.69) is 10.2 Å². The van der Waals surface area contributed by atoms with Crippen molar-refractivity contribution in [2.75, 3.05) is 0 Å². The van der Waals surface area contributed by atoms with Gasteiger partial charge in [-0.15, -0.1) is 0 Å². The van der Waals surface area contributed by atoms with Gasteiger partial charge in [0.25, 0.3) is 5.56 Å². The maximum atomic E-state index is 11.1. The summed E-state index contributed by atoms with van der Waals surface area (Å²) in [5.74, 6) is 0.735. The first kappa shape index (κ1) is 17.0. The molecule has 1 N–H and O–H groups in total. The monoisotopic (exact) mass is 371 g/mol. The highest BCUT2D eigenvalue weighted by atomic mass is 35.5. The summed E-state index contributed by atoms with van der Waals surface area (Å²) in [6, 6.07) is 15.4. The Labute approximate surface area is 153 Å². The van der Waals surface area contributed by atoms with Crippen molar-refractivity contribution in [3.05, 3.63) is 85.8 Å². The van der Waals surface area contributed by atoms with Crippen LogP contribution in [0.15, 0.2) is 53.3 Å². The third-order valence-electron chi connectivity index (χ3n) is 3.42. The summed E-state index contributed by atoms with van der Waals surface area (Å²) >= 11 is 12.2. The summed E-state index contributed by atoms with van der Waals surface area (Å²) in [4.78, 5) is 11.1. The van der Waals surface area contributed by atoms with Crippen LogP contribution in [0.3, 0.4) is 0 Å². The van der Waals surface area contributed by atoms with E-state index >= 15 is 0 Å². The zero-order valence-corrected chi connectivity index (χ0v) is 14.3. The molecule has 2 aromatic carbocycles. The molecule has 0 bridgehead atoms. The molecule has 0 radical (unpaired) electrons. The highest BCUT2D eigenvalue weighted by molar-refractivity contribution is 6.32. The van der Waals surface area contributed by atoms with Gasteiger partial charge >= 0.3 is 0 Å². The van der Waals surface area contributed by atoms with Gasteiger partial charge in [0.1, 0.15) is 23.1 Å². The zero-order chi connectivity index (χ0) is 17.8. The number of nitriles is 1. The van der Waals surface area contributed by atoms with Crippen LogP contribution in [0.4, 0.5) is 0 Å². The van der Waals surface area contributed by atoms with Gasteiger partial charge in [-0.1, -0.05) is 35.3 Å². The van der Waals surface area contributed by atoms with Gasteiger partial charge in [0.2, 0.25) is 0 Å². The molecule has 7 heteroatoms. The topological polar surface area (TPSA) is 78.8 Å². The van der Waals surface area contributed by atoms with Gasteiger partial charge in [-0.2, -0.15) is 10.4 Å². The first-order valence-corrected chi connectivity index (χ1v) is 8.02. The lowest BCUT2D eigenvalue weighted by Gasteiger charge is -2.11. The Kier molecular flexibility index (Phi) is 5.03. The molecule has 0 aliphatic rings. The molecular formula is C18H11Cl2N3O2. The normalized spacial score (nSPS) is 10.3. The van der Waals surface area contributed by atoms with Gasteiger partial charge in [-0.05, 0) is 35.9 Å². The van der Waals surface area contributed by atoms with E-state index in [-0.39, 0.29) is 11.1 Å². The van der Waals surface area contributed by atoms with E-state index in [1.54, 1.807) is 36.4 Å². The molecule has 124 valence electrons. The predicted octanol–water partition coefficient (Wildman–Crippen LogP) is 4.33. The number of nitrogens with zero attached hydrogens (tertiary/aromatic N) is 2. The van der Waals surface area contributed by atoms with Crippen molar-refractivity contribution >= 4 is 23.2 Å². The summed E-state index contributed by atoms with van der Waals surface area (Å²) in [5.41, 5.74) is 1.58. The lowest BCUT2D eigenvalue weighted by atomic mass is 10.1. The Morgan fingerprint density at radius 3 is 2.64 bits per heavy atom. The van der Waals surface area contributed by atoms with Crippen LogP contribution in [0.5, 0.6) is 11.5 Å². The van der Waals surface area contributed by atoms with Gasteiger partial charge in [0, 0.05) is 12.5 Å². The Hall–Kier alpha value is -2.81. The van der Waals surface area contributed by atoms with E-state index in [0.29, 0.717) is 33.7 Å². The minimum Gasteiger partial charge on any atom is -0.454 e. The molecule has 0 atom stereocenters. The van der Waals surface area contributed by atoms with E-state index < -0.39 is 0 Å². The Bertz CT molecular complexity index is 1010. The average molecular weight is 372 g/mol. The number of rotatable bonds is 4. The number of hydrogen-bond donors (Lipinski definition) is 1. The molecule has 3 rings (SSSR count). The Balaban J connectivity index is 1.90. The number of aromatic nitrogens is 2. The molecule has 0 fully saturated rings. The van der Waals surface area contributed by atoms with Crippen molar-refractivity contribution < 1.29 is 4.74 Å². The summed E-state index contributed by atoms with van der Waals surface area (Å²) in [6.45, 7) is 0. The second-order valence-electron chi connectivity index (χ2n) is 5.18. The van der Waals surface area contributed by atoms with E-state index in [1.807, 2.05) is 12.1 Å². The molecule has 0 amide bonds. The van der Waals surface area contributed by atoms with Gasteiger partial charge in [-0.25, -0.2) is 5.10 Å². The summed E-state index contributed by atoms with van der Waals surface area (Å²) in [7, 11) is 0. The lowest BCUT2D eigenvalue weighted by Crippen LogP contribution is -2.07. The largest absolute Gasteiger partial charge is 0.454 e. The molecule has 0 saturated carbocycles. The highest BCUT2D eigenvalue weighted by Gasteiger charge is 2.11. The van der Waals surface area contributed by atoms with Gasteiger partial charge < -0.3 is 4.74 Å². The third kappa shape index (κ3) is 4.00. The minimum atomic E-state index is -0.256. The van der Waals surface area contributed by atoms with E-state index in [9.17, 15) is 10.1 Å². The van der Waals surface area contributed by atoms with Crippen LogP contribution < -0.4 is 10.3 Å². The number of ether oxygens (including phenoxy) is 1.